The lowest BCUT2D eigenvalue weighted by Gasteiger charge is -2.46. The van der Waals surface area contributed by atoms with E-state index in [0.29, 0.717) is 35.2 Å². The summed E-state index contributed by atoms with van der Waals surface area (Å²) in [5.41, 5.74) is 0.645. The van der Waals surface area contributed by atoms with Crippen LogP contribution in [0.5, 0.6) is 0 Å². The summed E-state index contributed by atoms with van der Waals surface area (Å²) in [7, 11) is 0. The average Bonchev–Trinajstić information content (AvgIpc) is 3.22. The molecule has 1 aliphatic heterocycles. The highest BCUT2D eigenvalue weighted by molar-refractivity contribution is 6.35. The van der Waals surface area contributed by atoms with E-state index in [-0.39, 0.29) is 17.6 Å². The molecule has 0 atom stereocenters. The van der Waals surface area contributed by atoms with Gasteiger partial charge in [0.2, 0.25) is 5.82 Å². The van der Waals surface area contributed by atoms with Crippen LogP contribution in [0.2, 0.25) is 10.0 Å². The first-order valence-electron chi connectivity index (χ1n) is 9.79. The first-order valence-corrected chi connectivity index (χ1v) is 10.5. The van der Waals surface area contributed by atoms with E-state index in [1.54, 1.807) is 32.7 Å². The number of aromatic nitrogens is 3. The molecule has 0 saturated carbocycles. The first kappa shape index (κ1) is 21.3. The molecule has 0 aliphatic carbocycles. The molecule has 3 aromatic rings. The Morgan fingerprint density at radius 2 is 1.65 bits per heavy atom. The standard InChI is InChI=1S/C22H21Cl2N5O2/c1-22(2)13-27(20(30)15-10-16(23)12-17(24)11-15)8-9-28(22)21(31)19-25-14-29(26-19)18-6-4-3-5-7-18/h3-7,10-12,14H,8-9,13H2,1-2H3. The van der Waals surface area contributed by atoms with Crippen LogP contribution in [-0.4, -0.2) is 61.6 Å². The topological polar surface area (TPSA) is 71.3 Å². The minimum Gasteiger partial charge on any atom is -0.335 e. The van der Waals surface area contributed by atoms with Crippen molar-refractivity contribution >= 4 is 35.0 Å². The Balaban J connectivity index is 1.50. The molecule has 0 radical (unpaired) electrons. The van der Waals surface area contributed by atoms with Crippen molar-refractivity contribution < 1.29 is 9.59 Å². The van der Waals surface area contributed by atoms with Crippen LogP contribution < -0.4 is 0 Å². The van der Waals surface area contributed by atoms with Crippen molar-refractivity contribution in [2.75, 3.05) is 19.6 Å². The maximum absolute atomic E-state index is 13.1. The van der Waals surface area contributed by atoms with Gasteiger partial charge in [-0.3, -0.25) is 9.59 Å². The van der Waals surface area contributed by atoms with Crippen LogP contribution in [0.3, 0.4) is 0 Å². The van der Waals surface area contributed by atoms with Crippen LogP contribution in [-0.2, 0) is 0 Å². The molecular formula is C22H21Cl2N5O2. The number of halogens is 2. The summed E-state index contributed by atoms with van der Waals surface area (Å²) in [6, 6.07) is 14.3. The fourth-order valence-corrected chi connectivity index (χ4v) is 4.28. The summed E-state index contributed by atoms with van der Waals surface area (Å²) in [5, 5.41) is 5.16. The van der Waals surface area contributed by atoms with Gasteiger partial charge in [-0.2, -0.15) is 0 Å². The van der Waals surface area contributed by atoms with Crippen molar-refractivity contribution in [3.63, 3.8) is 0 Å². The van der Waals surface area contributed by atoms with Gasteiger partial charge in [-0.25, -0.2) is 9.67 Å². The highest BCUT2D eigenvalue weighted by atomic mass is 35.5. The van der Waals surface area contributed by atoms with Crippen LogP contribution in [0, 0.1) is 0 Å². The Labute approximate surface area is 190 Å². The third kappa shape index (κ3) is 4.43. The van der Waals surface area contributed by atoms with Gasteiger partial charge in [-0.1, -0.05) is 41.4 Å². The number of rotatable bonds is 3. The second kappa shape index (κ2) is 8.32. The van der Waals surface area contributed by atoms with Crippen molar-refractivity contribution in [2.45, 2.75) is 19.4 Å². The Bertz CT molecular complexity index is 1110. The van der Waals surface area contributed by atoms with Gasteiger partial charge in [-0.05, 0) is 44.2 Å². The van der Waals surface area contributed by atoms with Crippen LogP contribution in [0.25, 0.3) is 5.69 Å². The molecule has 2 aromatic carbocycles. The molecule has 1 aliphatic rings. The fourth-order valence-electron chi connectivity index (χ4n) is 3.75. The number of hydrogen-bond donors (Lipinski definition) is 0. The second-order valence-corrected chi connectivity index (χ2v) is 8.88. The second-order valence-electron chi connectivity index (χ2n) is 8.00. The zero-order chi connectivity index (χ0) is 22.2. The SMILES string of the molecule is CC1(C)CN(C(=O)c2cc(Cl)cc(Cl)c2)CCN1C(=O)c1ncn(-c2ccccc2)n1. The van der Waals surface area contributed by atoms with Gasteiger partial charge in [0.15, 0.2) is 0 Å². The normalized spacial score (nSPS) is 15.7. The summed E-state index contributed by atoms with van der Waals surface area (Å²) in [6.45, 7) is 4.96. The third-order valence-electron chi connectivity index (χ3n) is 5.25. The third-order valence-corrected chi connectivity index (χ3v) is 5.68. The molecule has 4 rings (SSSR count). The summed E-state index contributed by atoms with van der Waals surface area (Å²) in [6.07, 6.45) is 1.53. The molecule has 31 heavy (non-hydrogen) atoms. The maximum atomic E-state index is 13.1. The van der Waals surface area contributed by atoms with Gasteiger partial charge < -0.3 is 9.80 Å². The molecule has 0 N–H and O–H groups in total. The molecule has 2 heterocycles. The molecule has 0 unspecified atom stereocenters. The Hall–Kier alpha value is -2.90. The molecule has 0 spiro atoms. The van der Waals surface area contributed by atoms with E-state index < -0.39 is 5.54 Å². The minimum absolute atomic E-state index is 0.123. The van der Waals surface area contributed by atoms with Crippen LogP contribution >= 0.6 is 23.2 Å². The summed E-state index contributed by atoms with van der Waals surface area (Å²) in [4.78, 5) is 33.8. The summed E-state index contributed by atoms with van der Waals surface area (Å²) >= 11 is 12.1. The number of piperazine rings is 1. The number of para-hydroxylation sites is 1. The molecule has 1 aromatic heterocycles. The van der Waals surface area contributed by atoms with Gasteiger partial charge >= 0.3 is 0 Å². The van der Waals surface area contributed by atoms with Crippen molar-refractivity contribution in [2.24, 2.45) is 0 Å². The van der Waals surface area contributed by atoms with E-state index >= 15 is 0 Å². The zero-order valence-corrected chi connectivity index (χ0v) is 18.6. The van der Waals surface area contributed by atoms with Crippen molar-refractivity contribution in [1.29, 1.82) is 0 Å². The molecular weight excluding hydrogens is 437 g/mol. The molecule has 7 nitrogen and oxygen atoms in total. The molecule has 1 fully saturated rings. The minimum atomic E-state index is -0.606. The smallest absolute Gasteiger partial charge is 0.294 e. The lowest BCUT2D eigenvalue weighted by molar-refractivity contribution is 0.0160. The summed E-state index contributed by atoms with van der Waals surface area (Å²) < 4.78 is 1.57. The van der Waals surface area contributed by atoms with Crippen LogP contribution in [0.4, 0.5) is 0 Å². The lowest BCUT2D eigenvalue weighted by Crippen LogP contribution is -2.62. The number of amides is 2. The first-order chi connectivity index (χ1) is 14.7. The quantitative estimate of drug-likeness (QED) is 0.596. The van der Waals surface area contributed by atoms with Crippen molar-refractivity contribution in [3.8, 4) is 5.69 Å². The van der Waals surface area contributed by atoms with Crippen LogP contribution in [0.15, 0.2) is 54.9 Å². The molecule has 9 heteroatoms. The molecule has 1 saturated heterocycles. The number of hydrogen-bond acceptors (Lipinski definition) is 4. The number of nitrogens with zero attached hydrogens (tertiary/aromatic N) is 5. The van der Waals surface area contributed by atoms with Gasteiger partial charge in [0.25, 0.3) is 11.8 Å². The fraction of sp³-hybridized carbons (Fsp3) is 0.273. The van der Waals surface area contributed by atoms with Gasteiger partial charge in [-0.15, -0.1) is 5.10 Å². The Kier molecular flexibility index (Phi) is 5.73. The zero-order valence-electron chi connectivity index (χ0n) is 17.1. The Morgan fingerprint density at radius 1 is 0.968 bits per heavy atom. The highest BCUT2D eigenvalue weighted by Gasteiger charge is 2.40. The molecule has 2 amide bonds. The number of carbonyl (C=O) groups excluding carboxylic acids is 2. The van der Waals surface area contributed by atoms with Gasteiger partial charge in [0, 0.05) is 35.2 Å². The number of carbonyl (C=O) groups is 2. The van der Waals surface area contributed by atoms with E-state index in [1.807, 2.05) is 44.2 Å². The van der Waals surface area contributed by atoms with Crippen LogP contribution in [0.1, 0.15) is 34.8 Å². The largest absolute Gasteiger partial charge is 0.335 e. The van der Waals surface area contributed by atoms with Gasteiger partial charge in [0.05, 0.1) is 11.2 Å². The van der Waals surface area contributed by atoms with Crippen molar-refractivity contribution in [1.82, 2.24) is 24.6 Å². The van der Waals surface area contributed by atoms with E-state index in [0.717, 1.165) is 5.69 Å². The van der Waals surface area contributed by atoms with E-state index in [9.17, 15) is 9.59 Å². The lowest BCUT2D eigenvalue weighted by atomic mass is 9.97. The van der Waals surface area contributed by atoms with E-state index in [1.165, 1.54) is 6.33 Å². The summed E-state index contributed by atoms with van der Waals surface area (Å²) in [5.74, 6) is -0.313. The van der Waals surface area contributed by atoms with Crippen molar-refractivity contribution in [3.05, 3.63) is 76.3 Å². The Morgan fingerprint density at radius 3 is 2.29 bits per heavy atom. The maximum Gasteiger partial charge on any atom is 0.294 e. The molecule has 160 valence electrons. The number of benzene rings is 2. The average molecular weight is 458 g/mol. The molecule has 0 bridgehead atoms. The van der Waals surface area contributed by atoms with Gasteiger partial charge in [0.1, 0.15) is 6.33 Å². The van der Waals surface area contributed by atoms with E-state index in [2.05, 4.69) is 10.1 Å². The highest BCUT2D eigenvalue weighted by Crippen LogP contribution is 2.26. The van der Waals surface area contributed by atoms with E-state index in [4.69, 9.17) is 23.2 Å². The monoisotopic (exact) mass is 457 g/mol. The predicted octanol–water partition coefficient (Wildman–Crippen LogP) is 3.95. The predicted molar refractivity (Wildman–Crippen MR) is 119 cm³/mol.